The van der Waals surface area contributed by atoms with Gasteiger partial charge in [-0.15, -0.1) is 0 Å². The second-order valence-electron chi connectivity index (χ2n) is 6.50. The van der Waals surface area contributed by atoms with Gasteiger partial charge < -0.3 is 10.6 Å². The molecule has 5 heteroatoms. The predicted octanol–water partition coefficient (Wildman–Crippen LogP) is 2.84. The molecule has 1 aromatic rings. The van der Waals surface area contributed by atoms with Gasteiger partial charge in [0, 0.05) is 25.2 Å². The highest BCUT2D eigenvalue weighted by Crippen LogP contribution is 2.30. The largest absolute Gasteiger partial charge is 0.369 e. The number of nitrogens with zero attached hydrogens (tertiary/aromatic N) is 2. The molecule has 5 nitrogen and oxygen atoms in total. The number of carbonyl (C=O) groups is 1. The first kappa shape index (κ1) is 17.3. The van der Waals surface area contributed by atoms with Gasteiger partial charge >= 0.3 is 0 Å². The number of aromatic nitrogens is 1. The van der Waals surface area contributed by atoms with Gasteiger partial charge in [-0.05, 0) is 63.5 Å². The molecule has 2 rings (SSSR count). The third-order valence-corrected chi connectivity index (χ3v) is 5.13. The van der Waals surface area contributed by atoms with E-state index in [9.17, 15) is 10.1 Å². The summed E-state index contributed by atoms with van der Waals surface area (Å²) in [4.78, 5) is 16.2. The molecule has 1 heterocycles. The molecule has 2 N–H and O–H groups in total. The van der Waals surface area contributed by atoms with Crippen molar-refractivity contribution in [2.75, 3.05) is 18.9 Å². The van der Waals surface area contributed by atoms with Gasteiger partial charge in [-0.3, -0.25) is 4.79 Å². The number of rotatable bonds is 4. The Bertz CT molecular complexity index is 625. The van der Waals surface area contributed by atoms with E-state index in [0.717, 1.165) is 49.0 Å². The molecule has 0 saturated heterocycles. The highest BCUT2D eigenvalue weighted by atomic mass is 16.1. The SMILES string of the molecule is CNC(=O)C1CCC(CNc2nc(C)c(C)c(C)c2C#N)CC1. The van der Waals surface area contributed by atoms with E-state index in [1.165, 1.54) is 0 Å². The number of aryl methyl sites for hydroxylation is 1. The lowest BCUT2D eigenvalue weighted by molar-refractivity contribution is -0.125. The summed E-state index contributed by atoms with van der Waals surface area (Å²) in [6.07, 6.45) is 3.96. The maximum absolute atomic E-state index is 11.7. The second kappa shape index (κ2) is 7.45. The average Bonchev–Trinajstić information content (AvgIpc) is 2.57. The van der Waals surface area contributed by atoms with Crippen molar-refractivity contribution < 1.29 is 4.79 Å². The van der Waals surface area contributed by atoms with Crippen LogP contribution in [0.2, 0.25) is 0 Å². The summed E-state index contributed by atoms with van der Waals surface area (Å²) in [6, 6.07) is 2.27. The maximum atomic E-state index is 11.7. The zero-order chi connectivity index (χ0) is 17.0. The quantitative estimate of drug-likeness (QED) is 0.896. The Morgan fingerprint density at radius 2 is 1.87 bits per heavy atom. The van der Waals surface area contributed by atoms with E-state index >= 15 is 0 Å². The average molecular weight is 314 g/mol. The molecule has 0 atom stereocenters. The number of pyridine rings is 1. The first-order valence-corrected chi connectivity index (χ1v) is 8.31. The summed E-state index contributed by atoms with van der Waals surface area (Å²) < 4.78 is 0. The lowest BCUT2D eigenvalue weighted by atomic mass is 9.81. The fourth-order valence-corrected chi connectivity index (χ4v) is 3.28. The molecule has 0 aliphatic heterocycles. The summed E-state index contributed by atoms with van der Waals surface area (Å²) in [6.45, 7) is 6.76. The van der Waals surface area contributed by atoms with Gasteiger partial charge in [-0.1, -0.05) is 0 Å². The van der Waals surface area contributed by atoms with Gasteiger partial charge in [-0.2, -0.15) is 5.26 Å². The van der Waals surface area contributed by atoms with Crippen molar-refractivity contribution in [3.8, 4) is 6.07 Å². The Hall–Kier alpha value is -2.09. The molecular formula is C18H26N4O. The van der Waals surface area contributed by atoms with Gasteiger partial charge in [0.2, 0.25) is 5.91 Å². The molecule has 1 aromatic heterocycles. The first-order valence-electron chi connectivity index (χ1n) is 8.31. The van der Waals surface area contributed by atoms with E-state index in [2.05, 4.69) is 21.7 Å². The molecule has 23 heavy (non-hydrogen) atoms. The standard InChI is InChI=1S/C18H26N4O/c1-11-12(2)16(9-19)17(22-13(11)3)21-10-14-5-7-15(8-6-14)18(23)20-4/h14-15H,5-8,10H2,1-4H3,(H,20,23)(H,21,22). The summed E-state index contributed by atoms with van der Waals surface area (Å²) in [5.74, 6) is 1.55. The zero-order valence-corrected chi connectivity index (χ0v) is 14.5. The molecule has 1 fully saturated rings. The van der Waals surface area contributed by atoms with Gasteiger partial charge in [0.05, 0.1) is 5.56 Å². The van der Waals surface area contributed by atoms with Crippen LogP contribution < -0.4 is 10.6 Å². The van der Waals surface area contributed by atoms with Crippen molar-refractivity contribution in [3.05, 3.63) is 22.4 Å². The number of nitriles is 1. The van der Waals surface area contributed by atoms with Crippen LogP contribution >= 0.6 is 0 Å². The Morgan fingerprint density at radius 1 is 1.22 bits per heavy atom. The normalized spacial score (nSPS) is 20.7. The first-order chi connectivity index (χ1) is 11.0. The van der Waals surface area contributed by atoms with Crippen molar-refractivity contribution in [1.82, 2.24) is 10.3 Å². The molecule has 0 radical (unpaired) electrons. The Balaban J connectivity index is 1.98. The summed E-state index contributed by atoms with van der Waals surface area (Å²) in [7, 11) is 1.70. The number of nitrogens with one attached hydrogen (secondary N) is 2. The number of hydrogen-bond acceptors (Lipinski definition) is 4. The third-order valence-electron chi connectivity index (χ3n) is 5.13. The second-order valence-corrected chi connectivity index (χ2v) is 6.50. The molecule has 0 aromatic carbocycles. The van der Waals surface area contributed by atoms with Crippen LogP contribution in [0.1, 0.15) is 48.1 Å². The van der Waals surface area contributed by atoms with E-state index in [4.69, 9.17) is 0 Å². The maximum Gasteiger partial charge on any atom is 0.222 e. The van der Waals surface area contributed by atoms with E-state index < -0.39 is 0 Å². The number of amides is 1. The lowest BCUT2D eigenvalue weighted by Gasteiger charge is -2.28. The van der Waals surface area contributed by atoms with Crippen molar-refractivity contribution >= 4 is 11.7 Å². The van der Waals surface area contributed by atoms with Crippen LogP contribution in [-0.2, 0) is 4.79 Å². The minimum atomic E-state index is 0.160. The van der Waals surface area contributed by atoms with E-state index in [1.807, 2.05) is 20.8 Å². The predicted molar refractivity (Wildman–Crippen MR) is 91.2 cm³/mol. The smallest absolute Gasteiger partial charge is 0.222 e. The lowest BCUT2D eigenvalue weighted by Crippen LogP contribution is -2.32. The van der Waals surface area contributed by atoms with E-state index in [0.29, 0.717) is 17.3 Å². The van der Waals surface area contributed by atoms with Gasteiger partial charge in [0.1, 0.15) is 11.9 Å². The van der Waals surface area contributed by atoms with Gasteiger partial charge in [0.25, 0.3) is 0 Å². The third kappa shape index (κ3) is 3.82. The van der Waals surface area contributed by atoms with Crippen molar-refractivity contribution in [2.24, 2.45) is 11.8 Å². The molecule has 0 unspecified atom stereocenters. The highest BCUT2D eigenvalue weighted by molar-refractivity contribution is 5.78. The monoisotopic (exact) mass is 314 g/mol. The van der Waals surface area contributed by atoms with E-state index in [-0.39, 0.29) is 11.8 Å². The van der Waals surface area contributed by atoms with Crippen LogP contribution in [0.3, 0.4) is 0 Å². The Morgan fingerprint density at radius 3 is 2.43 bits per heavy atom. The van der Waals surface area contributed by atoms with Crippen LogP contribution in [0.15, 0.2) is 0 Å². The van der Waals surface area contributed by atoms with Gasteiger partial charge in [0.15, 0.2) is 0 Å². The molecular weight excluding hydrogens is 288 g/mol. The number of hydrogen-bond donors (Lipinski definition) is 2. The minimum absolute atomic E-state index is 0.160. The molecule has 0 bridgehead atoms. The topological polar surface area (TPSA) is 77.8 Å². The van der Waals surface area contributed by atoms with Crippen LogP contribution in [0.25, 0.3) is 0 Å². The molecule has 1 aliphatic carbocycles. The number of carbonyl (C=O) groups excluding carboxylic acids is 1. The van der Waals surface area contributed by atoms with Crippen molar-refractivity contribution in [1.29, 1.82) is 5.26 Å². The van der Waals surface area contributed by atoms with Crippen LogP contribution in [0.4, 0.5) is 5.82 Å². The molecule has 1 aliphatic rings. The van der Waals surface area contributed by atoms with Crippen molar-refractivity contribution in [3.63, 3.8) is 0 Å². The minimum Gasteiger partial charge on any atom is -0.369 e. The van der Waals surface area contributed by atoms with E-state index in [1.54, 1.807) is 7.05 Å². The van der Waals surface area contributed by atoms with Crippen LogP contribution in [-0.4, -0.2) is 24.5 Å². The summed E-state index contributed by atoms with van der Waals surface area (Å²) in [5.41, 5.74) is 3.70. The van der Waals surface area contributed by atoms with Crippen LogP contribution in [0.5, 0.6) is 0 Å². The molecule has 1 saturated carbocycles. The molecule has 124 valence electrons. The zero-order valence-electron chi connectivity index (χ0n) is 14.5. The summed E-state index contributed by atoms with van der Waals surface area (Å²) >= 11 is 0. The molecule has 0 spiro atoms. The fraction of sp³-hybridized carbons (Fsp3) is 0.611. The summed E-state index contributed by atoms with van der Waals surface area (Å²) in [5, 5.41) is 15.5. The Labute approximate surface area is 138 Å². The Kier molecular flexibility index (Phi) is 5.59. The number of anilines is 1. The van der Waals surface area contributed by atoms with Crippen molar-refractivity contribution in [2.45, 2.75) is 46.5 Å². The highest BCUT2D eigenvalue weighted by Gasteiger charge is 2.25. The van der Waals surface area contributed by atoms with Gasteiger partial charge in [-0.25, -0.2) is 4.98 Å². The fourth-order valence-electron chi connectivity index (χ4n) is 3.28. The molecule has 1 amide bonds. The van der Waals surface area contributed by atoms with Crippen LogP contribution in [0, 0.1) is 43.9 Å².